The van der Waals surface area contributed by atoms with Gasteiger partial charge in [-0.2, -0.15) is 10.1 Å². The summed E-state index contributed by atoms with van der Waals surface area (Å²) in [5.74, 6) is -1.88. The van der Waals surface area contributed by atoms with Crippen LogP contribution in [0, 0.1) is 5.41 Å². The molecule has 1 spiro atoms. The first kappa shape index (κ1) is 17.1. The molecule has 1 aliphatic heterocycles. The minimum Gasteiger partial charge on any atom is -0.480 e. The van der Waals surface area contributed by atoms with Gasteiger partial charge in [-0.1, -0.05) is 0 Å². The summed E-state index contributed by atoms with van der Waals surface area (Å²) in [5, 5.41) is 4.53. The van der Waals surface area contributed by atoms with Crippen molar-refractivity contribution in [2.75, 3.05) is 32.2 Å². The second-order valence-electron chi connectivity index (χ2n) is 7.23. The minimum atomic E-state index is -2.70. The fraction of sp³-hybridized carbons (Fsp3) is 0.444. The zero-order valence-corrected chi connectivity index (χ0v) is 15.4. The van der Waals surface area contributed by atoms with Crippen molar-refractivity contribution in [1.29, 1.82) is 0 Å². The maximum Gasteiger partial charge on any atom is 0.319 e. The highest BCUT2D eigenvalue weighted by molar-refractivity contribution is 5.77. The van der Waals surface area contributed by atoms with Gasteiger partial charge in [0.05, 0.1) is 31.7 Å². The lowest BCUT2D eigenvalue weighted by Crippen LogP contribution is -2.28. The van der Waals surface area contributed by atoms with Crippen LogP contribution in [-0.4, -0.2) is 57.8 Å². The Bertz CT molecular complexity index is 1060. The summed E-state index contributed by atoms with van der Waals surface area (Å²) in [6, 6.07) is 1.97. The van der Waals surface area contributed by atoms with Gasteiger partial charge in [-0.05, 0) is 18.9 Å². The van der Waals surface area contributed by atoms with Crippen molar-refractivity contribution in [1.82, 2.24) is 24.6 Å². The third-order valence-corrected chi connectivity index (χ3v) is 5.57. The van der Waals surface area contributed by atoms with Crippen molar-refractivity contribution >= 4 is 11.3 Å². The zero-order valence-electron chi connectivity index (χ0n) is 15.4. The molecule has 2 fully saturated rings. The predicted octanol–water partition coefficient (Wildman–Crippen LogP) is 2.44. The Morgan fingerprint density at radius 2 is 1.93 bits per heavy atom. The number of hydrogen-bond acceptors (Lipinski definition) is 7. The number of nitrogens with zero attached hydrogens (tertiary/aromatic N) is 6. The Labute approximate surface area is 159 Å². The highest BCUT2D eigenvalue weighted by Crippen LogP contribution is 2.61. The fourth-order valence-electron chi connectivity index (χ4n) is 3.83. The molecule has 0 atom stereocenters. The van der Waals surface area contributed by atoms with Crippen LogP contribution in [0.3, 0.4) is 0 Å². The summed E-state index contributed by atoms with van der Waals surface area (Å²) in [6.45, 7) is -0.0166. The Morgan fingerprint density at radius 1 is 1.11 bits per heavy atom. The van der Waals surface area contributed by atoms with Gasteiger partial charge < -0.3 is 14.4 Å². The molecule has 1 saturated heterocycles. The van der Waals surface area contributed by atoms with E-state index in [1.54, 1.807) is 34.1 Å². The summed E-state index contributed by atoms with van der Waals surface area (Å²) in [4.78, 5) is 14.3. The molecule has 4 heterocycles. The molecule has 0 N–H and O–H groups in total. The molecule has 0 unspecified atom stereocenters. The molecule has 146 valence electrons. The van der Waals surface area contributed by atoms with Gasteiger partial charge in [-0.25, -0.2) is 23.3 Å². The monoisotopic (exact) mass is 388 g/mol. The SMILES string of the molecule is COc1ncc(-c2cc3c(N4CC(F)(F)C5(CC5)C4)nccn3n2)c(OC)n1. The standard InChI is InChI=1S/C18H18F2N6O2/c1-27-15-11(8-22-16(23-15)28-2)12-7-13-14(21-5-6-26(13)24-12)25-9-17(3-4-17)18(19,20)10-25/h5-8H,3-4,9-10H2,1-2H3. The van der Waals surface area contributed by atoms with E-state index in [9.17, 15) is 8.78 Å². The summed E-state index contributed by atoms with van der Waals surface area (Å²) in [7, 11) is 2.96. The quantitative estimate of drug-likeness (QED) is 0.679. The lowest BCUT2D eigenvalue weighted by atomic mass is 10.0. The topological polar surface area (TPSA) is 77.7 Å². The van der Waals surface area contributed by atoms with Gasteiger partial charge in [0.1, 0.15) is 11.2 Å². The van der Waals surface area contributed by atoms with Gasteiger partial charge in [0, 0.05) is 25.1 Å². The Morgan fingerprint density at radius 3 is 2.61 bits per heavy atom. The molecule has 28 heavy (non-hydrogen) atoms. The average molecular weight is 388 g/mol. The molecular weight excluding hydrogens is 370 g/mol. The van der Waals surface area contributed by atoms with Crippen molar-refractivity contribution in [2.45, 2.75) is 18.8 Å². The Balaban J connectivity index is 1.57. The molecule has 10 heteroatoms. The van der Waals surface area contributed by atoms with Crippen molar-refractivity contribution in [3.05, 3.63) is 24.7 Å². The van der Waals surface area contributed by atoms with E-state index < -0.39 is 11.3 Å². The molecule has 3 aromatic heterocycles. The molecule has 0 radical (unpaired) electrons. The van der Waals surface area contributed by atoms with E-state index >= 15 is 0 Å². The number of hydrogen-bond donors (Lipinski definition) is 0. The van der Waals surface area contributed by atoms with Gasteiger partial charge >= 0.3 is 6.01 Å². The molecule has 1 aliphatic carbocycles. The first-order chi connectivity index (χ1) is 13.5. The highest BCUT2D eigenvalue weighted by Gasteiger charge is 2.67. The van der Waals surface area contributed by atoms with Gasteiger partial charge in [0.2, 0.25) is 5.88 Å². The minimum absolute atomic E-state index is 0.181. The van der Waals surface area contributed by atoms with E-state index in [0.717, 1.165) is 0 Å². The maximum atomic E-state index is 14.4. The van der Waals surface area contributed by atoms with Gasteiger partial charge in [0.25, 0.3) is 5.92 Å². The predicted molar refractivity (Wildman–Crippen MR) is 95.9 cm³/mol. The molecule has 0 aromatic carbocycles. The first-order valence-corrected chi connectivity index (χ1v) is 8.89. The third kappa shape index (κ3) is 2.40. The van der Waals surface area contributed by atoms with Crippen LogP contribution in [0.5, 0.6) is 11.9 Å². The van der Waals surface area contributed by atoms with E-state index in [2.05, 4.69) is 20.1 Å². The molecule has 0 amide bonds. The van der Waals surface area contributed by atoms with E-state index in [-0.39, 0.29) is 12.6 Å². The van der Waals surface area contributed by atoms with Crippen LogP contribution in [0.25, 0.3) is 16.8 Å². The van der Waals surface area contributed by atoms with Crippen LogP contribution in [0.1, 0.15) is 12.8 Å². The van der Waals surface area contributed by atoms with Crippen LogP contribution in [0.15, 0.2) is 24.7 Å². The summed E-state index contributed by atoms with van der Waals surface area (Å²) >= 11 is 0. The van der Waals surface area contributed by atoms with Crippen molar-refractivity contribution in [2.24, 2.45) is 5.41 Å². The van der Waals surface area contributed by atoms with Crippen molar-refractivity contribution in [3.8, 4) is 23.1 Å². The van der Waals surface area contributed by atoms with Gasteiger partial charge in [-0.3, -0.25) is 0 Å². The number of halogens is 2. The smallest absolute Gasteiger partial charge is 0.319 e. The largest absolute Gasteiger partial charge is 0.480 e. The van der Waals surface area contributed by atoms with Crippen molar-refractivity contribution in [3.63, 3.8) is 0 Å². The Kier molecular flexibility index (Phi) is 3.49. The molecule has 5 rings (SSSR count). The van der Waals surface area contributed by atoms with Gasteiger partial charge in [0.15, 0.2) is 5.82 Å². The summed E-state index contributed by atoms with van der Waals surface area (Å²) in [5.41, 5.74) is 0.880. The Hall–Kier alpha value is -3.04. The fourth-order valence-corrected chi connectivity index (χ4v) is 3.83. The number of anilines is 1. The molecule has 8 nitrogen and oxygen atoms in total. The summed E-state index contributed by atoms with van der Waals surface area (Å²) < 4.78 is 40.8. The number of alkyl halides is 2. The van der Waals surface area contributed by atoms with E-state index in [4.69, 9.17) is 9.47 Å². The lowest BCUT2D eigenvalue weighted by Gasteiger charge is -2.17. The highest BCUT2D eigenvalue weighted by atomic mass is 19.3. The third-order valence-electron chi connectivity index (χ3n) is 5.57. The second-order valence-corrected chi connectivity index (χ2v) is 7.23. The van der Waals surface area contributed by atoms with Crippen LogP contribution in [0.4, 0.5) is 14.6 Å². The lowest BCUT2D eigenvalue weighted by molar-refractivity contribution is -0.0334. The van der Waals surface area contributed by atoms with Crippen LogP contribution in [-0.2, 0) is 0 Å². The number of ether oxygens (including phenoxy) is 2. The van der Waals surface area contributed by atoms with Crippen molar-refractivity contribution < 1.29 is 18.3 Å². The molecule has 2 aliphatic rings. The molecular formula is C18H18F2N6O2. The van der Waals surface area contributed by atoms with E-state index in [0.29, 0.717) is 47.9 Å². The second kappa shape index (κ2) is 5.73. The molecule has 0 bridgehead atoms. The number of rotatable bonds is 4. The molecule has 1 saturated carbocycles. The zero-order chi connectivity index (χ0) is 19.5. The van der Waals surface area contributed by atoms with Crippen LogP contribution >= 0.6 is 0 Å². The number of fused-ring (bicyclic) bond motifs is 1. The normalized spacial score (nSPS) is 19.4. The van der Waals surface area contributed by atoms with Gasteiger partial charge in [-0.15, -0.1) is 0 Å². The van der Waals surface area contributed by atoms with E-state index in [1.807, 2.05) is 0 Å². The maximum absolute atomic E-state index is 14.4. The van der Waals surface area contributed by atoms with Crippen LogP contribution in [0.2, 0.25) is 0 Å². The van der Waals surface area contributed by atoms with Crippen LogP contribution < -0.4 is 14.4 Å². The number of methoxy groups -OCH3 is 2. The molecule has 3 aromatic rings. The average Bonchev–Trinajstić information content (AvgIpc) is 3.28. The van der Waals surface area contributed by atoms with E-state index in [1.165, 1.54) is 14.2 Å². The summed E-state index contributed by atoms with van der Waals surface area (Å²) in [6.07, 6.45) is 5.93. The number of aromatic nitrogens is 5. The first-order valence-electron chi connectivity index (χ1n) is 8.89.